The molecule has 1 saturated heterocycles. The number of benzene rings is 2. The van der Waals surface area contributed by atoms with Crippen molar-refractivity contribution in [1.29, 1.82) is 5.26 Å². The molecule has 0 radical (unpaired) electrons. The number of methoxy groups -OCH3 is 1. The minimum absolute atomic E-state index is 0.0694. The van der Waals surface area contributed by atoms with Crippen molar-refractivity contribution in [3.63, 3.8) is 0 Å². The van der Waals surface area contributed by atoms with Gasteiger partial charge in [-0.3, -0.25) is 4.57 Å². The van der Waals surface area contributed by atoms with Crippen LogP contribution in [0.25, 0.3) is 0 Å². The molecule has 0 bridgehead atoms. The van der Waals surface area contributed by atoms with Gasteiger partial charge in [-0.15, -0.1) is 0 Å². The Bertz CT molecular complexity index is 1360. The number of esters is 3. The van der Waals surface area contributed by atoms with Crippen molar-refractivity contribution in [2.75, 3.05) is 13.7 Å². The third kappa shape index (κ3) is 5.90. The van der Waals surface area contributed by atoms with Gasteiger partial charge in [0, 0.05) is 6.42 Å². The van der Waals surface area contributed by atoms with Crippen molar-refractivity contribution < 1.29 is 33.3 Å². The summed E-state index contributed by atoms with van der Waals surface area (Å²) in [4.78, 5) is 42.2. The molecule has 4 rings (SSSR count). The predicted molar refractivity (Wildman–Crippen MR) is 133 cm³/mol. The van der Waals surface area contributed by atoms with Gasteiger partial charge in [-0.1, -0.05) is 35.4 Å². The van der Waals surface area contributed by atoms with Gasteiger partial charge in [-0.2, -0.15) is 5.26 Å². The standard InChI is InChI=1S/C28H27N3O7/c1-17-4-8-19(9-5-17)26(32)36-15-23-22(38-27(33)20-10-6-18(2)7-11-20)14-24(37-23)31-16-30-21(12-13-29)25(31)28(34)35-3/h4-11,16,22-24H,12,14-15H2,1-3H3/t22-,23+,24+/m0/s1. The van der Waals surface area contributed by atoms with Crippen LogP contribution in [0.1, 0.15) is 60.7 Å². The third-order valence-electron chi connectivity index (χ3n) is 6.20. The number of hydrogen-bond donors (Lipinski definition) is 0. The smallest absolute Gasteiger partial charge is 0.356 e. The van der Waals surface area contributed by atoms with E-state index in [0.717, 1.165) is 11.1 Å². The molecular formula is C28H27N3O7. The quantitative estimate of drug-likeness (QED) is 0.324. The van der Waals surface area contributed by atoms with Crippen molar-refractivity contribution in [2.24, 2.45) is 0 Å². The number of imidazole rings is 1. The zero-order valence-electron chi connectivity index (χ0n) is 21.2. The minimum Gasteiger partial charge on any atom is -0.464 e. The lowest BCUT2D eigenvalue weighted by molar-refractivity contribution is -0.0577. The van der Waals surface area contributed by atoms with Gasteiger partial charge in [-0.05, 0) is 38.1 Å². The van der Waals surface area contributed by atoms with Crippen molar-refractivity contribution in [3.05, 3.63) is 88.5 Å². The Balaban J connectivity index is 1.56. The Morgan fingerprint density at radius 1 is 1.00 bits per heavy atom. The molecule has 2 heterocycles. The highest BCUT2D eigenvalue weighted by molar-refractivity contribution is 5.90. The number of aromatic nitrogens is 2. The van der Waals surface area contributed by atoms with Crippen LogP contribution in [0.2, 0.25) is 0 Å². The summed E-state index contributed by atoms with van der Waals surface area (Å²) in [5.41, 5.74) is 3.05. The fraction of sp³-hybridized carbons (Fsp3) is 0.321. The zero-order chi connectivity index (χ0) is 27.2. The molecule has 1 aromatic heterocycles. The number of aryl methyl sites for hydroxylation is 2. The summed E-state index contributed by atoms with van der Waals surface area (Å²) in [5.74, 6) is -1.79. The molecule has 196 valence electrons. The molecule has 0 spiro atoms. The molecule has 1 aliphatic rings. The molecular weight excluding hydrogens is 490 g/mol. The van der Waals surface area contributed by atoms with Crippen LogP contribution in [0.15, 0.2) is 54.9 Å². The highest BCUT2D eigenvalue weighted by atomic mass is 16.6. The van der Waals surface area contributed by atoms with E-state index in [1.54, 1.807) is 48.5 Å². The van der Waals surface area contributed by atoms with Gasteiger partial charge in [0.05, 0.1) is 42.7 Å². The number of rotatable bonds is 8. The van der Waals surface area contributed by atoms with E-state index in [1.165, 1.54) is 18.0 Å². The largest absolute Gasteiger partial charge is 0.464 e. The normalized spacial score (nSPS) is 18.4. The van der Waals surface area contributed by atoms with Crippen molar-refractivity contribution >= 4 is 17.9 Å². The molecule has 38 heavy (non-hydrogen) atoms. The van der Waals surface area contributed by atoms with Gasteiger partial charge in [-0.25, -0.2) is 19.4 Å². The topological polar surface area (TPSA) is 130 Å². The highest BCUT2D eigenvalue weighted by Gasteiger charge is 2.41. The molecule has 0 N–H and O–H groups in total. The maximum Gasteiger partial charge on any atom is 0.356 e. The van der Waals surface area contributed by atoms with Gasteiger partial charge in [0.2, 0.25) is 0 Å². The number of ether oxygens (including phenoxy) is 4. The molecule has 0 aliphatic carbocycles. The molecule has 1 aliphatic heterocycles. The van der Waals surface area contributed by atoms with E-state index in [-0.39, 0.29) is 30.8 Å². The number of hydrogen-bond acceptors (Lipinski definition) is 9. The summed E-state index contributed by atoms with van der Waals surface area (Å²) < 4.78 is 23.7. The molecule has 0 saturated carbocycles. The van der Waals surface area contributed by atoms with E-state index in [0.29, 0.717) is 11.1 Å². The molecule has 1 fully saturated rings. The van der Waals surface area contributed by atoms with Crippen LogP contribution in [-0.2, 0) is 25.4 Å². The Labute approximate surface area is 219 Å². The molecule has 10 heteroatoms. The van der Waals surface area contributed by atoms with E-state index in [2.05, 4.69) is 4.98 Å². The van der Waals surface area contributed by atoms with Crippen LogP contribution in [-0.4, -0.2) is 53.4 Å². The second kappa shape index (κ2) is 11.7. The van der Waals surface area contributed by atoms with Gasteiger partial charge in [0.15, 0.2) is 5.69 Å². The lowest BCUT2D eigenvalue weighted by atomic mass is 10.1. The first-order valence-corrected chi connectivity index (χ1v) is 12.0. The van der Waals surface area contributed by atoms with E-state index < -0.39 is 36.3 Å². The van der Waals surface area contributed by atoms with Crippen molar-refractivity contribution in [2.45, 2.75) is 45.1 Å². The first-order valence-electron chi connectivity index (χ1n) is 12.0. The highest BCUT2D eigenvalue weighted by Crippen LogP contribution is 2.33. The predicted octanol–water partition coefficient (Wildman–Crippen LogP) is 3.72. The summed E-state index contributed by atoms with van der Waals surface area (Å²) in [6.45, 7) is 3.63. The summed E-state index contributed by atoms with van der Waals surface area (Å²) in [6.07, 6.45) is -0.987. The average molecular weight is 518 g/mol. The lowest BCUT2D eigenvalue weighted by Gasteiger charge is -2.19. The average Bonchev–Trinajstić information content (AvgIpc) is 3.51. The zero-order valence-corrected chi connectivity index (χ0v) is 21.2. The fourth-order valence-corrected chi connectivity index (χ4v) is 4.11. The Morgan fingerprint density at radius 3 is 2.18 bits per heavy atom. The van der Waals surface area contributed by atoms with Crippen molar-refractivity contribution in [3.8, 4) is 6.07 Å². The third-order valence-corrected chi connectivity index (χ3v) is 6.20. The Kier molecular flexibility index (Phi) is 8.19. The Hall–Kier alpha value is -4.49. The summed E-state index contributed by atoms with van der Waals surface area (Å²) in [6, 6.07) is 15.8. The van der Waals surface area contributed by atoms with Crippen LogP contribution in [0.5, 0.6) is 0 Å². The Morgan fingerprint density at radius 2 is 1.61 bits per heavy atom. The monoisotopic (exact) mass is 517 g/mol. The van der Waals surface area contributed by atoms with Crippen LogP contribution >= 0.6 is 0 Å². The molecule has 0 amide bonds. The van der Waals surface area contributed by atoms with Crippen LogP contribution in [0.4, 0.5) is 0 Å². The molecule has 3 aromatic rings. The summed E-state index contributed by atoms with van der Waals surface area (Å²) in [5, 5.41) is 9.12. The molecule has 2 aromatic carbocycles. The van der Waals surface area contributed by atoms with Gasteiger partial charge >= 0.3 is 17.9 Å². The van der Waals surface area contributed by atoms with E-state index in [1.807, 2.05) is 19.9 Å². The van der Waals surface area contributed by atoms with Crippen LogP contribution < -0.4 is 0 Å². The van der Waals surface area contributed by atoms with E-state index in [4.69, 9.17) is 24.2 Å². The van der Waals surface area contributed by atoms with Crippen molar-refractivity contribution in [1.82, 2.24) is 9.55 Å². The maximum absolute atomic E-state index is 12.9. The first-order chi connectivity index (χ1) is 18.3. The van der Waals surface area contributed by atoms with Gasteiger partial charge in [0.25, 0.3) is 0 Å². The number of nitrogens with zero attached hydrogens (tertiary/aromatic N) is 3. The lowest BCUT2D eigenvalue weighted by Crippen LogP contribution is -2.32. The van der Waals surface area contributed by atoms with Crippen LogP contribution in [0.3, 0.4) is 0 Å². The van der Waals surface area contributed by atoms with E-state index >= 15 is 0 Å². The molecule has 3 atom stereocenters. The number of nitriles is 1. The molecule has 0 unspecified atom stereocenters. The summed E-state index contributed by atoms with van der Waals surface area (Å²) in [7, 11) is 1.23. The second-order valence-corrected chi connectivity index (χ2v) is 8.91. The first kappa shape index (κ1) is 26.6. The number of carbonyl (C=O) groups excluding carboxylic acids is 3. The fourth-order valence-electron chi connectivity index (χ4n) is 4.11. The maximum atomic E-state index is 12.9. The number of carbonyl (C=O) groups is 3. The van der Waals surface area contributed by atoms with Crippen LogP contribution in [0, 0.1) is 25.2 Å². The SMILES string of the molecule is COC(=O)c1c(CC#N)ncn1[C@H]1C[C@H](OC(=O)c2ccc(C)cc2)[C@@H](COC(=O)c2ccc(C)cc2)O1. The van der Waals surface area contributed by atoms with Gasteiger partial charge < -0.3 is 18.9 Å². The second-order valence-electron chi connectivity index (χ2n) is 8.91. The van der Waals surface area contributed by atoms with E-state index in [9.17, 15) is 14.4 Å². The van der Waals surface area contributed by atoms with Gasteiger partial charge in [0.1, 0.15) is 25.0 Å². The minimum atomic E-state index is -0.823. The summed E-state index contributed by atoms with van der Waals surface area (Å²) >= 11 is 0. The molecule has 10 nitrogen and oxygen atoms in total.